The minimum absolute atomic E-state index is 0.192. The van der Waals surface area contributed by atoms with E-state index in [1.807, 2.05) is 78.4 Å². The zero-order valence-corrected chi connectivity index (χ0v) is 23.3. The summed E-state index contributed by atoms with van der Waals surface area (Å²) in [5.41, 5.74) is 4.14. The van der Waals surface area contributed by atoms with E-state index in [4.69, 9.17) is 9.47 Å². The summed E-state index contributed by atoms with van der Waals surface area (Å²) in [6.07, 6.45) is 0. The molecule has 0 aliphatic heterocycles. The van der Waals surface area contributed by atoms with Gasteiger partial charge in [-0.05, 0) is 60.1 Å². The summed E-state index contributed by atoms with van der Waals surface area (Å²) in [6, 6.07) is 11.9. The number of aryl methyl sites for hydroxylation is 2. The van der Waals surface area contributed by atoms with E-state index in [9.17, 15) is 9.59 Å². The lowest BCUT2D eigenvalue weighted by molar-refractivity contribution is -1.06. The molecule has 6 nitrogen and oxygen atoms in total. The molecule has 0 bridgehead atoms. The highest BCUT2D eigenvalue weighted by molar-refractivity contribution is 5.74. The van der Waals surface area contributed by atoms with Crippen LogP contribution < -0.4 is 9.47 Å². The predicted molar refractivity (Wildman–Crippen MR) is 141 cm³/mol. The number of esters is 2. The maximum Gasteiger partial charge on any atom is 0.367 e. The van der Waals surface area contributed by atoms with E-state index in [0.717, 1.165) is 22.3 Å². The van der Waals surface area contributed by atoms with Crippen LogP contribution in [0.3, 0.4) is 0 Å². The number of carbonyl (C=O) groups excluding carboxylic acids is 2. The largest absolute Gasteiger partial charge is 0.422 e. The summed E-state index contributed by atoms with van der Waals surface area (Å²) < 4.78 is 12.3. The lowest BCUT2D eigenvalue weighted by Crippen LogP contribution is -2.59. The molecule has 0 aliphatic carbocycles. The third-order valence-corrected chi connectivity index (χ3v) is 5.91. The fraction of sp³-hybridized carbons (Fsp3) is 0.517. The molecule has 0 saturated carbocycles. The van der Waals surface area contributed by atoms with E-state index in [-0.39, 0.29) is 36.9 Å². The highest BCUT2D eigenvalue weighted by Crippen LogP contribution is 2.29. The Hall–Kier alpha value is -2.70. The Labute approximate surface area is 211 Å². The van der Waals surface area contributed by atoms with Gasteiger partial charge in [0.2, 0.25) is 6.67 Å². The Balaban J connectivity index is 2.03. The van der Waals surface area contributed by atoms with Crippen molar-refractivity contribution in [1.29, 1.82) is 0 Å². The molecule has 2 rings (SSSR count). The summed E-state index contributed by atoms with van der Waals surface area (Å²) in [6.45, 7) is 13.3. The van der Waals surface area contributed by atoms with Crippen molar-refractivity contribution in [3.8, 4) is 11.5 Å². The number of carbonyl (C=O) groups is 2. The number of hydrogen-bond acceptors (Lipinski definition) is 4. The first-order valence-electron chi connectivity index (χ1n) is 12.3. The lowest BCUT2D eigenvalue weighted by atomic mass is 10.0. The molecule has 192 valence electrons. The van der Waals surface area contributed by atoms with E-state index in [0.29, 0.717) is 27.1 Å². The summed E-state index contributed by atoms with van der Waals surface area (Å²) in [5.74, 6) is 1.19. The molecule has 0 saturated heterocycles. The van der Waals surface area contributed by atoms with Crippen molar-refractivity contribution in [3.63, 3.8) is 0 Å². The third-order valence-electron chi connectivity index (χ3n) is 5.91. The second kappa shape index (κ2) is 11.4. The van der Waals surface area contributed by atoms with Crippen LogP contribution in [0.15, 0.2) is 36.4 Å². The van der Waals surface area contributed by atoms with Crippen LogP contribution in [-0.4, -0.2) is 68.9 Å². The highest BCUT2D eigenvalue weighted by Gasteiger charge is 2.33. The molecule has 0 amide bonds. The molecule has 0 aliphatic rings. The normalized spacial score (nSPS) is 12.2. The SMILES string of the molecule is Cc1ccc(C(C)C)c(OC(=O)C[N+](C)(C)C[N+](C)(C)CC(=O)Oc2cc(C)ccc2C(C)C)c1. The van der Waals surface area contributed by atoms with Gasteiger partial charge in [-0.1, -0.05) is 52.0 Å². The predicted octanol–water partition coefficient (Wildman–Crippen LogP) is 5.17. The van der Waals surface area contributed by atoms with E-state index in [1.54, 1.807) is 0 Å². The third kappa shape index (κ3) is 8.79. The number of likely N-dealkylation sites (N-methyl/N-ethyl adjacent to an activating group) is 2. The van der Waals surface area contributed by atoms with Crippen molar-refractivity contribution in [3.05, 3.63) is 58.7 Å². The molecule has 0 spiro atoms. The summed E-state index contributed by atoms with van der Waals surface area (Å²) in [4.78, 5) is 25.7. The van der Waals surface area contributed by atoms with Crippen LogP contribution in [0.1, 0.15) is 61.8 Å². The molecular formula is C29H44N2O4+2. The van der Waals surface area contributed by atoms with Crippen molar-refractivity contribution in [2.24, 2.45) is 0 Å². The molecule has 0 heterocycles. The van der Waals surface area contributed by atoms with Gasteiger partial charge < -0.3 is 9.47 Å². The van der Waals surface area contributed by atoms with Crippen molar-refractivity contribution >= 4 is 11.9 Å². The Morgan fingerprint density at radius 3 is 1.34 bits per heavy atom. The number of quaternary nitrogens is 2. The van der Waals surface area contributed by atoms with Crippen molar-refractivity contribution in [1.82, 2.24) is 0 Å². The molecule has 35 heavy (non-hydrogen) atoms. The average molecular weight is 485 g/mol. The maximum absolute atomic E-state index is 12.9. The highest BCUT2D eigenvalue weighted by atomic mass is 16.5. The molecule has 2 aromatic rings. The molecular weight excluding hydrogens is 440 g/mol. The van der Waals surface area contributed by atoms with Gasteiger partial charge in [0.05, 0.1) is 28.2 Å². The smallest absolute Gasteiger partial charge is 0.367 e. The number of benzene rings is 2. The van der Waals surface area contributed by atoms with Gasteiger partial charge in [0, 0.05) is 0 Å². The molecule has 0 atom stereocenters. The van der Waals surface area contributed by atoms with Crippen molar-refractivity contribution in [2.45, 2.75) is 53.4 Å². The van der Waals surface area contributed by atoms with E-state index < -0.39 is 0 Å². The van der Waals surface area contributed by atoms with Crippen molar-refractivity contribution < 1.29 is 28.0 Å². The first-order valence-corrected chi connectivity index (χ1v) is 12.3. The minimum Gasteiger partial charge on any atom is -0.422 e. The number of rotatable bonds is 10. The summed E-state index contributed by atoms with van der Waals surface area (Å²) in [5, 5.41) is 0. The molecule has 0 radical (unpaired) electrons. The van der Waals surface area contributed by atoms with Crippen LogP contribution in [0.25, 0.3) is 0 Å². The average Bonchev–Trinajstić information content (AvgIpc) is 2.65. The molecule has 0 aromatic heterocycles. The van der Waals surface area contributed by atoms with E-state index >= 15 is 0 Å². The summed E-state index contributed by atoms with van der Waals surface area (Å²) in [7, 11) is 7.90. The summed E-state index contributed by atoms with van der Waals surface area (Å²) >= 11 is 0. The fourth-order valence-corrected chi connectivity index (χ4v) is 4.56. The molecule has 0 unspecified atom stereocenters. The van der Waals surface area contributed by atoms with E-state index in [2.05, 4.69) is 27.7 Å². The monoisotopic (exact) mass is 484 g/mol. The van der Waals surface area contributed by atoms with Crippen LogP contribution in [0, 0.1) is 13.8 Å². The topological polar surface area (TPSA) is 52.6 Å². The Kier molecular flexibility index (Phi) is 9.26. The minimum atomic E-state index is -0.286. The van der Waals surface area contributed by atoms with Crippen LogP contribution in [0.5, 0.6) is 11.5 Å². The van der Waals surface area contributed by atoms with Gasteiger partial charge in [-0.25, -0.2) is 9.59 Å². The Bertz CT molecular complexity index is 971. The molecule has 0 fully saturated rings. The number of nitrogens with zero attached hydrogens (tertiary/aromatic N) is 2. The Morgan fingerprint density at radius 1 is 0.686 bits per heavy atom. The number of hydrogen-bond donors (Lipinski definition) is 0. The standard InChI is InChI=1S/C29H44N2O4/c1-20(2)24-13-11-22(5)15-26(24)34-28(32)17-30(7,8)19-31(9,10)18-29(33)35-27-16-23(6)12-14-25(27)21(3)4/h11-16,20-21H,17-19H2,1-10H3/q+2. The molecule has 2 aromatic carbocycles. The molecule has 0 N–H and O–H groups in total. The van der Waals surface area contributed by atoms with E-state index in [1.165, 1.54) is 0 Å². The Morgan fingerprint density at radius 2 is 1.03 bits per heavy atom. The zero-order chi connectivity index (χ0) is 26.6. The number of ether oxygens (including phenoxy) is 2. The fourth-order valence-electron chi connectivity index (χ4n) is 4.56. The lowest BCUT2D eigenvalue weighted by Gasteiger charge is -2.37. The van der Waals surface area contributed by atoms with Gasteiger partial charge >= 0.3 is 11.9 Å². The zero-order valence-electron chi connectivity index (χ0n) is 23.3. The van der Waals surface area contributed by atoms with Crippen molar-refractivity contribution in [2.75, 3.05) is 47.9 Å². The first-order chi connectivity index (χ1) is 16.1. The van der Waals surface area contributed by atoms with Crippen LogP contribution in [0.4, 0.5) is 0 Å². The van der Waals surface area contributed by atoms with Crippen LogP contribution in [-0.2, 0) is 9.59 Å². The van der Waals surface area contributed by atoms with Gasteiger partial charge in [0.25, 0.3) is 0 Å². The first kappa shape index (κ1) is 28.5. The molecule has 6 heteroatoms. The second-order valence-corrected chi connectivity index (χ2v) is 11.7. The van der Waals surface area contributed by atoms with Crippen LogP contribution in [0.2, 0.25) is 0 Å². The van der Waals surface area contributed by atoms with Gasteiger partial charge in [0.1, 0.15) is 11.5 Å². The maximum atomic E-state index is 12.9. The van der Waals surface area contributed by atoms with Gasteiger partial charge in [-0.15, -0.1) is 0 Å². The van der Waals surface area contributed by atoms with Gasteiger partial charge in [-0.2, -0.15) is 0 Å². The van der Waals surface area contributed by atoms with Gasteiger partial charge in [0.15, 0.2) is 13.1 Å². The van der Waals surface area contributed by atoms with Gasteiger partial charge in [-0.3, -0.25) is 8.97 Å². The second-order valence-electron chi connectivity index (χ2n) is 11.7. The quantitative estimate of drug-likeness (QED) is 0.202. The van der Waals surface area contributed by atoms with Crippen LogP contribution >= 0.6 is 0 Å².